The topological polar surface area (TPSA) is 41.1 Å². The number of amides is 1. The van der Waals surface area contributed by atoms with Crippen LogP contribution in [0.5, 0.6) is 0 Å². The standard InChI is InChI=1S/C16H16Cl2N2O/c1-11-2-4-12(5-3-11)9-19-10-16(21)20-15-7-13(17)6-14(18)8-15/h2-8,19H,9-10H2,1H3,(H,20,21). The van der Waals surface area contributed by atoms with E-state index in [4.69, 9.17) is 23.2 Å². The summed E-state index contributed by atoms with van der Waals surface area (Å²) in [4.78, 5) is 11.8. The summed E-state index contributed by atoms with van der Waals surface area (Å²) in [6.45, 7) is 2.91. The molecule has 0 aromatic heterocycles. The lowest BCUT2D eigenvalue weighted by Crippen LogP contribution is -2.27. The molecule has 0 spiro atoms. The molecule has 1 amide bonds. The first-order valence-corrected chi connectivity index (χ1v) is 7.31. The molecule has 2 rings (SSSR count). The maximum absolute atomic E-state index is 11.8. The van der Waals surface area contributed by atoms with E-state index in [1.807, 2.05) is 31.2 Å². The van der Waals surface area contributed by atoms with Crippen LogP contribution in [-0.4, -0.2) is 12.5 Å². The van der Waals surface area contributed by atoms with E-state index < -0.39 is 0 Å². The highest BCUT2D eigenvalue weighted by Gasteiger charge is 2.04. The molecule has 0 unspecified atom stereocenters. The zero-order valence-corrected chi connectivity index (χ0v) is 13.1. The lowest BCUT2D eigenvalue weighted by Gasteiger charge is -2.08. The Morgan fingerprint density at radius 2 is 1.67 bits per heavy atom. The van der Waals surface area contributed by atoms with Crippen molar-refractivity contribution in [3.05, 3.63) is 63.6 Å². The first kappa shape index (κ1) is 15.8. The van der Waals surface area contributed by atoms with E-state index in [2.05, 4.69) is 10.6 Å². The molecule has 0 saturated carbocycles. The molecule has 0 fully saturated rings. The monoisotopic (exact) mass is 322 g/mol. The fourth-order valence-corrected chi connectivity index (χ4v) is 2.38. The molecule has 21 heavy (non-hydrogen) atoms. The van der Waals surface area contributed by atoms with Gasteiger partial charge in [0.05, 0.1) is 6.54 Å². The van der Waals surface area contributed by atoms with Crippen LogP contribution in [0.1, 0.15) is 11.1 Å². The van der Waals surface area contributed by atoms with E-state index in [0.29, 0.717) is 22.3 Å². The van der Waals surface area contributed by atoms with E-state index in [-0.39, 0.29) is 12.5 Å². The van der Waals surface area contributed by atoms with E-state index in [9.17, 15) is 4.79 Å². The van der Waals surface area contributed by atoms with Crippen LogP contribution in [0.3, 0.4) is 0 Å². The molecule has 2 N–H and O–H groups in total. The second-order valence-electron chi connectivity index (χ2n) is 4.80. The predicted octanol–water partition coefficient (Wildman–Crippen LogP) is 4.03. The minimum Gasteiger partial charge on any atom is -0.325 e. The molecule has 0 aliphatic carbocycles. The summed E-state index contributed by atoms with van der Waals surface area (Å²) >= 11 is 11.8. The van der Waals surface area contributed by atoms with E-state index in [0.717, 1.165) is 5.56 Å². The molecular weight excluding hydrogens is 307 g/mol. The zero-order valence-electron chi connectivity index (χ0n) is 11.6. The van der Waals surface area contributed by atoms with Crippen LogP contribution in [0.15, 0.2) is 42.5 Å². The van der Waals surface area contributed by atoms with Gasteiger partial charge in [0.1, 0.15) is 0 Å². The van der Waals surface area contributed by atoms with E-state index in [1.54, 1.807) is 18.2 Å². The van der Waals surface area contributed by atoms with Crippen molar-refractivity contribution in [2.45, 2.75) is 13.5 Å². The smallest absolute Gasteiger partial charge is 0.238 e. The van der Waals surface area contributed by atoms with Crippen LogP contribution < -0.4 is 10.6 Å². The largest absolute Gasteiger partial charge is 0.325 e. The second-order valence-corrected chi connectivity index (χ2v) is 5.67. The zero-order chi connectivity index (χ0) is 15.2. The number of carbonyl (C=O) groups is 1. The Bertz CT molecular complexity index is 606. The fourth-order valence-electron chi connectivity index (χ4n) is 1.86. The molecule has 0 aliphatic heterocycles. The van der Waals surface area contributed by atoms with Crippen LogP contribution in [0.25, 0.3) is 0 Å². The van der Waals surface area contributed by atoms with Gasteiger partial charge in [-0.2, -0.15) is 0 Å². The molecule has 0 atom stereocenters. The molecule has 2 aromatic carbocycles. The highest BCUT2D eigenvalue weighted by atomic mass is 35.5. The summed E-state index contributed by atoms with van der Waals surface area (Å²) in [5.41, 5.74) is 2.95. The number of nitrogens with one attached hydrogen (secondary N) is 2. The SMILES string of the molecule is Cc1ccc(CNCC(=O)Nc2cc(Cl)cc(Cl)c2)cc1. The van der Waals surface area contributed by atoms with E-state index >= 15 is 0 Å². The van der Waals surface area contributed by atoms with Crippen LogP contribution in [0.4, 0.5) is 5.69 Å². The molecule has 0 aliphatic rings. The Morgan fingerprint density at radius 1 is 1.05 bits per heavy atom. The minimum absolute atomic E-state index is 0.138. The van der Waals surface area contributed by atoms with Gasteiger partial charge in [0.25, 0.3) is 0 Å². The van der Waals surface area contributed by atoms with Crippen molar-refractivity contribution < 1.29 is 4.79 Å². The van der Waals surface area contributed by atoms with Gasteiger partial charge in [0, 0.05) is 22.3 Å². The normalized spacial score (nSPS) is 10.4. The van der Waals surface area contributed by atoms with Gasteiger partial charge in [-0.1, -0.05) is 53.0 Å². The maximum atomic E-state index is 11.8. The minimum atomic E-state index is -0.138. The number of rotatable bonds is 5. The second kappa shape index (κ2) is 7.46. The van der Waals surface area contributed by atoms with Crippen molar-refractivity contribution in [3.8, 4) is 0 Å². The Labute approximate surface area is 134 Å². The fraction of sp³-hybridized carbons (Fsp3) is 0.188. The summed E-state index contributed by atoms with van der Waals surface area (Å²) in [5.74, 6) is -0.138. The number of hydrogen-bond acceptors (Lipinski definition) is 2. The van der Waals surface area contributed by atoms with Gasteiger partial charge in [0.2, 0.25) is 5.91 Å². The van der Waals surface area contributed by atoms with Crippen LogP contribution >= 0.6 is 23.2 Å². The first-order valence-electron chi connectivity index (χ1n) is 6.55. The summed E-state index contributed by atoms with van der Waals surface area (Å²) in [5, 5.41) is 6.82. The summed E-state index contributed by atoms with van der Waals surface area (Å²) < 4.78 is 0. The molecule has 110 valence electrons. The molecular formula is C16H16Cl2N2O. The van der Waals surface area contributed by atoms with Crippen molar-refractivity contribution in [1.82, 2.24) is 5.32 Å². The quantitative estimate of drug-likeness (QED) is 0.872. The van der Waals surface area contributed by atoms with Crippen molar-refractivity contribution in [1.29, 1.82) is 0 Å². The summed E-state index contributed by atoms with van der Waals surface area (Å²) in [7, 11) is 0. The maximum Gasteiger partial charge on any atom is 0.238 e. The lowest BCUT2D eigenvalue weighted by molar-refractivity contribution is -0.115. The summed E-state index contributed by atoms with van der Waals surface area (Å²) in [6.07, 6.45) is 0. The first-order chi connectivity index (χ1) is 10.0. The third kappa shape index (κ3) is 5.38. The Kier molecular flexibility index (Phi) is 5.62. The highest BCUT2D eigenvalue weighted by Crippen LogP contribution is 2.22. The number of aryl methyl sites for hydroxylation is 1. The molecule has 0 bridgehead atoms. The van der Waals surface area contributed by atoms with Crippen molar-refractivity contribution >= 4 is 34.8 Å². The van der Waals surface area contributed by atoms with Gasteiger partial charge < -0.3 is 10.6 Å². The predicted molar refractivity (Wildman–Crippen MR) is 88.0 cm³/mol. The molecule has 0 radical (unpaired) electrons. The molecule has 2 aromatic rings. The van der Waals surface area contributed by atoms with Gasteiger partial charge in [-0.25, -0.2) is 0 Å². The number of hydrogen-bond donors (Lipinski definition) is 2. The van der Waals surface area contributed by atoms with Crippen molar-refractivity contribution in [3.63, 3.8) is 0 Å². The highest BCUT2D eigenvalue weighted by molar-refractivity contribution is 6.35. The Hall–Kier alpha value is -1.55. The van der Waals surface area contributed by atoms with Crippen molar-refractivity contribution in [2.24, 2.45) is 0 Å². The third-order valence-corrected chi connectivity index (χ3v) is 3.32. The molecule has 0 saturated heterocycles. The van der Waals surface area contributed by atoms with Crippen LogP contribution in [0, 0.1) is 6.92 Å². The summed E-state index contributed by atoms with van der Waals surface area (Å²) in [6, 6.07) is 13.1. The number of halogens is 2. The van der Waals surface area contributed by atoms with E-state index in [1.165, 1.54) is 5.56 Å². The number of carbonyl (C=O) groups excluding carboxylic acids is 1. The van der Waals surface area contributed by atoms with Gasteiger partial charge in [-0.05, 0) is 30.7 Å². The van der Waals surface area contributed by atoms with Crippen molar-refractivity contribution in [2.75, 3.05) is 11.9 Å². The molecule has 5 heteroatoms. The van der Waals surface area contributed by atoms with Crippen LogP contribution in [-0.2, 0) is 11.3 Å². The third-order valence-electron chi connectivity index (χ3n) is 2.88. The van der Waals surface area contributed by atoms with Gasteiger partial charge in [-0.15, -0.1) is 0 Å². The Balaban J connectivity index is 1.80. The molecule has 0 heterocycles. The average Bonchev–Trinajstić information content (AvgIpc) is 2.39. The number of benzene rings is 2. The van der Waals surface area contributed by atoms with Gasteiger partial charge in [-0.3, -0.25) is 4.79 Å². The number of anilines is 1. The average molecular weight is 323 g/mol. The van der Waals surface area contributed by atoms with Gasteiger partial charge in [0.15, 0.2) is 0 Å². The molecule has 3 nitrogen and oxygen atoms in total. The Morgan fingerprint density at radius 3 is 2.29 bits per heavy atom. The van der Waals surface area contributed by atoms with Crippen LogP contribution in [0.2, 0.25) is 10.0 Å². The van der Waals surface area contributed by atoms with Gasteiger partial charge >= 0.3 is 0 Å². The lowest BCUT2D eigenvalue weighted by atomic mass is 10.1.